The van der Waals surface area contributed by atoms with Crippen molar-refractivity contribution in [2.75, 3.05) is 6.54 Å². The predicted octanol–water partition coefficient (Wildman–Crippen LogP) is 3.11. The van der Waals surface area contributed by atoms with Gasteiger partial charge in [-0.3, -0.25) is 19.5 Å². The highest BCUT2D eigenvalue weighted by molar-refractivity contribution is 5.58. The summed E-state index contributed by atoms with van der Waals surface area (Å²) in [5, 5.41) is 4.71. The molecule has 0 amide bonds. The molecule has 5 nitrogen and oxygen atoms in total. The first-order chi connectivity index (χ1) is 12.1. The summed E-state index contributed by atoms with van der Waals surface area (Å²) in [6.45, 7) is 7.00. The van der Waals surface area contributed by atoms with E-state index in [1.54, 1.807) is 19.2 Å². The van der Waals surface area contributed by atoms with Crippen LogP contribution in [0.2, 0.25) is 0 Å². The van der Waals surface area contributed by atoms with Crippen LogP contribution < -0.4 is 0 Å². The minimum Gasteiger partial charge on any atom is -0.290 e. The van der Waals surface area contributed by atoms with Crippen molar-refractivity contribution in [3.8, 4) is 11.4 Å². The molecule has 0 aliphatic carbocycles. The second-order valence-electron chi connectivity index (χ2n) is 6.49. The first kappa shape index (κ1) is 15.9. The van der Waals surface area contributed by atoms with Gasteiger partial charge in [0.2, 0.25) is 0 Å². The first-order valence-corrected chi connectivity index (χ1v) is 8.43. The van der Waals surface area contributed by atoms with E-state index in [1.165, 1.54) is 11.8 Å². The Morgan fingerprint density at radius 3 is 2.84 bits per heavy atom. The van der Waals surface area contributed by atoms with Gasteiger partial charge in [-0.05, 0) is 43.7 Å². The van der Waals surface area contributed by atoms with E-state index in [0.717, 1.165) is 42.3 Å². The highest BCUT2D eigenvalue weighted by Crippen LogP contribution is 2.23. The van der Waals surface area contributed by atoms with Crippen molar-refractivity contribution >= 4 is 0 Å². The third-order valence-corrected chi connectivity index (χ3v) is 4.59. The molecule has 25 heavy (non-hydrogen) atoms. The molecule has 0 unspecified atom stereocenters. The van der Waals surface area contributed by atoms with Gasteiger partial charge in [-0.2, -0.15) is 5.10 Å². The molecule has 4 rings (SSSR count). The van der Waals surface area contributed by atoms with Gasteiger partial charge >= 0.3 is 0 Å². The lowest BCUT2D eigenvalue weighted by atomic mass is 10.1. The van der Waals surface area contributed by atoms with Crippen LogP contribution in [0.1, 0.15) is 22.6 Å². The van der Waals surface area contributed by atoms with Crippen molar-refractivity contribution in [3.05, 3.63) is 65.0 Å². The molecule has 0 atom stereocenters. The molecule has 4 heterocycles. The summed E-state index contributed by atoms with van der Waals surface area (Å²) >= 11 is 0. The summed E-state index contributed by atoms with van der Waals surface area (Å²) in [6, 6.07) is 9.36. The smallest absolute Gasteiger partial charge is 0.144 e. The lowest BCUT2D eigenvalue weighted by Crippen LogP contribution is -2.33. The summed E-state index contributed by atoms with van der Waals surface area (Å²) in [5.41, 5.74) is 5.50. The van der Waals surface area contributed by atoms with Gasteiger partial charge in [0.15, 0.2) is 0 Å². The number of aromatic nitrogens is 4. The molecule has 0 aromatic carbocycles. The maximum Gasteiger partial charge on any atom is 0.144 e. The number of halogens is 1. The van der Waals surface area contributed by atoms with Crippen LogP contribution in [0, 0.1) is 19.7 Å². The zero-order valence-corrected chi connectivity index (χ0v) is 14.4. The average Bonchev–Trinajstić information content (AvgIpc) is 3.01. The molecular weight excluding hydrogens is 317 g/mol. The van der Waals surface area contributed by atoms with Crippen LogP contribution in [0.15, 0.2) is 36.5 Å². The number of hydrogen-bond donors (Lipinski definition) is 0. The molecule has 0 saturated carbocycles. The molecule has 1 aliphatic rings. The molecule has 128 valence electrons. The summed E-state index contributed by atoms with van der Waals surface area (Å²) in [7, 11) is 0. The van der Waals surface area contributed by atoms with Crippen LogP contribution in [-0.4, -0.2) is 31.2 Å². The fraction of sp³-hybridized carbons (Fsp3) is 0.316. The largest absolute Gasteiger partial charge is 0.290 e. The van der Waals surface area contributed by atoms with Gasteiger partial charge in [-0.15, -0.1) is 0 Å². The van der Waals surface area contributed by atoms with Gasteiger partial charge in [-0.25, -0.2) is 4.39 Å². The van der Waals surface area contributed by atoms with Gasteiger partial charge in [0.25, 0.3) is 0 Å². The van der Waals surface area contributed by atoms with Crippen LogP contribution >= 0.6 is 0 Å². The fourth-order valence-corrected chi connectivity index (χ4v) is 3.24. The summed E-state index contributed by atoms with van der Waals surface area (Å²) in [6.07, 6.45) is 1.80. The standard InChI is InChI=1S/C19H20FN5/c1-13-4-3-7-21-19(13)18-10-16-12-24(8-9-25(16)23-18)11-15-5-6-17(20)14(2)22-15/h3-7,10H,8-9,11-12H2,1-2H3. The lowest BCUT2D eigenvalue weighted by Gasteiger charge is -2.27. The zero-order valence-electron chi connectivity index (χ0n) is 14.4. The first-order valence-electron chi connectivity index (χ1n) is 8.43. The van der Waals surface area contributed by atoms with Crippen molar-refractivity contribution in [2.45, 2.75) is 33.5 Å². The van der Waals surface area contributed by atoms with E-state index in [4.69, 9.17) is 5.10 Å². The minimum atomic E-state index is -0.254. The number of hydrogen-bond acceptors (Lipinski definition) is 4. The van der Waals surface area contributed by atoms with Gasteiger partial charge in [0.1, 0.15) is 11.5 Å². The van der Waals surface area contributed by atoms with E-state index in [0.29, 0.717) is 12.2 Å². The zero-order chi connectivity index (χ0) is 17.4. The Morgan fingerprint density at radius 2 is 2.04 bits per heavy atom. The van der Waals surface area contributed by atoms with Gasteiger partial charge < -0.3 is 0 Å². The minimum absolute atomic E-state index is 0.254. The highest BCUT2D eigenvalue weighted by atomic mass is 19.1. The van der Waals surface area contributed by atoms with Gasteiger partial charge in [-0.1, -0.05) is 6.07 Å². The predicted molar refractivity (Wildman–Crippen MR) is 93.2 cm³/mol. The molecule has 0 N–H and O–H groups in total. The molecule has 3 aromatic rings. The van der Waals surface area contributed by atoms with E-state index < -0.39 is 0 Å². The van der Waals surface area contributed by atoms with E-state index in [2.05, 4.69) is 38.6 Å². The van der Waals surface area contributed by atoms with Crippen molar-refractivity contribution in [2.24, 2.45) is 0 Å². The summed E-state index contributed by atoms with van der Waals surface area (Å²) in [5.74, 6) is -0.254. The topological polar surface area (TPSA) is 46.8 Å². The Kier molecular flexibility index (Phi) is 4.05. The summed E-state index contributed by atoms with van der Waals surface area (Å²) < 4.78 is 15.4. The van der Waals surface area contributed by atoms with E-state index >= 15 is 0 Å². The van der Waals surface area contributed by atoms with Crippen molar-refractivity contribution in [3.63, 3.8) is 0 Å². The average molecular weight is 337 g/mol. The molecule has 0 saturated heterocycles. The SMILES string of the molecule is Cc1cccnc1-c1cc2n(n1)CCN(Cc1ccc(F)c(C)n1)C2. The number of pyridine rings is 2. The quantitative estimate of drug-likeness (QED) is 0.737. The molecule has 0 spiro atoms. The molecule has 0 radical (unpaired) electrons. The lowest BCUT2D eigenvalue weighted by molar-refractivity contribution is 0.203. The van der Waals surface area contributed by atoms with Crippen LogP contribution in [-0.2, 0) is 19.6 Å². The van der Waals surface area contributed by atoms with Crippen LogP contribution in [0.25, 0.3) is 11.4 Å². The van der Waals surface area contributed by atoms with Crippen molar-refractivity contribution < 1.29 is 4.39 Å². The second-order valence-corrected chi connectivity index (χ2v) is 6.49. The Morgan fingerprint density at radius 1 is 1.16 bits per heavy atom. The van der Waals surface area contributed by atoms with E-state index in [1.807, 2.05) is 6.07 Å². The molecule has 3 aromatic heterocycles. The Labute approximate surface area is 146 Å². The van der Waals surface area contributed by atoms with E-state index in [-0.39, 0.29) is 5.82 Å². The second kappa shape index (κ2) is 6.37. The normalized spacial score (nSPS) is 14.5. The number of nitrogens with zero attached hydrogens (tertiary/aromatic N) is 5. The Bertz CT molecular complexity index is 918. The number of aryl methyl sites for hydroxylation is 2. The maximum atomic E-state index is 13.4. The molecule has 0 fully saturated rings. The highest BCUT2D eigenvalue weighted by Gasteiger charge is 2.20. The number of fused-ring (bicyclic) bond motifs is 1. The van der Waals surface area contributed by atoms with Crippen molar-refractivity contribution in [1.29, 1.82) is 0 Å². The van der Waals surface area contributed by atoms with Gasteiger partial charge in [0.05, 0.1) is 29.3 Å². The summed E-state index contributed by atoms with van der Waals surface area (Å²) in [4.78, 5) is 11.1. The fourth-order valence-electron chi connectivity index (χ4n) is 3.24. The van der Waals surface area contributed by atoms with Crippen molar-refractivity contribution in [1.82, 2.24) is 24.6 Å². The molecule has 1 aliphatic heterocycles. The molecular formula is C19H20FN5. The van der Waals surface area contributed by atoms with Crippen LogP contribution in [0.4, 0.5) is 4.39 Å². The monoisotopic (exact) mass is 337 g/mol. The van der Waals surface area contributed by atoms with Gasteiger partial charge in [0, 0.05) is 25.8 Å². The third-order valence-electron chi connectivity index (χ3n) is 4.59. The Hall–Kier alpha value is -2.60. The van der Waals surface area contributed by atoms with E-state index in [9.17, 15) is 4.39 Å². The molecule has 6 heteroatoms. The van der Waals surface area contributed by atoms with Crippen LogP contribution in [0.5, 0.6) is 0 Å². The Balaban J connectivity index is 1.53. The maximum absolute atomic E-state index is 13.4. The number of rotatable bonds is 3. The van der Waals surface area contributed by atoms with Crippen LogP contribution in [0.3, 0.4) is 0 Å². The third kappa shape index (κ3) is 3.17. The molecule has 0 bridgehead atoms.